The van der Waals surface area contributed by atoms with E-state index in [1.807, 2.05) is 33.0 Å². The Kier molecular flexibility index (Phi) is 71.6. The summed E-state index contributed by atoms with van der Waals surface area (Å²) in [4.78, 5) is 116. The van der Waals surface area contributed by atoms with Crippen LogP contribution in [0.4, 0.5) is 39.9 Å². The van der Waals surface area contributed by atoms with Crippen molar-refractivity contribution in [2.75, 3.05) is 147 Å². The molecule has 123 heavy (non-hydrogen) atoms. The molecule has 1 saturated heterocycles. The lowest BCUT2D eigenvalue weighted by Crippen LogP contribution is -2.39. The number of carboxylic acid groups (broad SMARTS) is 1. The number of ketones is 1. The zero-order valence-electron chi connectivity index (χ0n) is 73.8. The summed E-state index contributed by atoms with van der Waals surface area (Å²) >= 11 is 0. The number of ether oxygens (including phenoxy) is 9. The molecule has 12 N–H and O–H groups in total. The number of esters is 1. The molecule has 0 radical (unpaired) electrons. The van der Waals surface area contributed by atoms with Crippen LogP contribution in [-0.2, 0) is 76.2 Å². The topological polar surface area (TPSA) is 439 Å². The zero-order chi connectivity index (χ0) is 93.6. The summed E-state index contributed by atoms with van der Waals surface area (Å²) < 4.78 is 143. The van der Waals surface area contributed by atoms with Gasteiger partial charge in [0.2, 0.25) is 17.7 Å². The average Bonchev–Trinajstić information content (AvgIpc) is 1.64. The third-order valence-electron chi connectivity index (χ3n) is 18.5. The highest BCUT2D eigenvalue weighted by Gasteiger charge is 2.40. The minimum Gasteiger partial charge on any atom is -0.478 e. The number of carboxylic acids is 1. The number of alkyl halides is 6. The van der Waals surface area contributed by atoms with Crippen molar-refractivity contribution in [3.05, 3.63) is 59.2 Å². The quantitative estimate of drug-likeness (QED) is 0.00977. The molecule has 1 aliphatic rings. The maximum absolute atomic E-state index is 14.2. The highest BCUT2D eigenvalue weighted by molar-refractivity contribution is 6.59. The number of amides is 7. The average molecular weight is 1780 g/mol. The van der Waals surface area contributed by atoms with Crippen LogP contribution < -0.4 is 48.1 Å². The Bertz CT molecular complexity index is 3210. The Balaban J connectivity index is -0.00000152. The van der Waals surface area contributed by atoms with Crippen molar-refractivity contribution in [2.45, 2.75) is 215 Å². The molecule has 31 nitrogen and oxygen atoms in total. The first-order valence-corrected chi connectivity index (χ1v) is 42.0. The predicted molar refractivity (Wildman–Crippen MR) is 446 cm³/mol. The molecule has 2 aromatic rings. The SMILES string of the molecule is CCC(CCCCNC(=O)C(F)(F)F)C(=O)NCCOCCOC.CCCCCC(CC)C(=O)C(C)(C)CC(CCCCNC(=O)c1ccc(B(O)O)cc1F)C(=O)NCCOCCOC.CCCCCC(CC)C(=O)NCCOCCOC.CCCOCCOC.O=C(O)c1ccc(B(O)O)cc1F.O=C1NC(CCCCNC(=O)C(F)(F)F)C(=O)O1. The number of aromatic carboxylic acids is 1. The zero-order valence-corrected chi connectivity index (χ0v) is 73.8. The van der Waals surface area contributed by atoms with Crippen molar-refractivity contribution in [3.8, 4) is 0 Å². The molecule has 7 amide bonds. The predicted octanol–water partition coefficient (Wildman–Crippen LogP) is 8.14. The van der Waals surface area contributed by atoms with Gasteiger partial charge in [-0.25, -0.2) is 23.2 Å². The van der Waals surface area contributed by atoms with Gasteiger partial charge in [0.15, 0.2) is 0 Å². The lowest BCUT2D eigenvalue weighted by atomic mass is 9.72. The van der Waals surface area contributed by atoms with Gasteiger partial charge in [0.1, 0.15) is 23.5 Å². The van der Waals surface area contributed by atoms with Gasteiger partial charge in [0, 0.05) is 103 Å². The van der Waals surface area contributed by atoms with Crippen LogP contribution in [0.15, 0.2) is 36.4 Å². The molecule has 0 saturated carbocycles. The van der Waals surface area contributed by atoms with Gasteiger partial charge < -0.3 is 105 Å². The van der Waals surface area contributed by atoms with Crippen LogP contribution >= 0.6 is 0 Å². The minimum absolute atomic E-state index is 0.0187. The van der Waals surface area contributed by atoms with E-state index in [0.29, 0.717) is 143 Å². The molecular formula is C82H139B2F8N7O24. The summed E-state index contributed by atoms with van der Waals surface area (Å²) in [6, 6.07) is 5.55. The smallest absolute Gasteiger partial charge is 0.478 e. The fourth-order valence-corrected chi connectivity index (χ4v) is 11.5. The molecule has 1 fully saturated rings. The molecule has 3 rings (SSSR count). The number of Topliss-reactive ketones (excluding diaryl/α,β-unsaturated/α-hetero) is 1. The highest BCUT2D eigenvalue weighted by atomic mass is 19.4. The van der Waals surface area contributed by atoms with Gasteiger partial charge in [-0.05, 0) is 125 Å². The first-order valence-electron chi connectivity index (χ1n) is 42.0. The van der Waals surface area contributed by atoms with Crippen molar-refractivity contribution in [2.24, 2.45) is 29.1 Å². The van der Waals surface area contributed by atoms with Gasteiger partial charge in [-0.15, -0.1) is 0 Å². The second kappa shape index (κ2) is 73.6. The Labute approximate surface area is 720 Å². The number of carbonyl (C=O) groups is 10. The molecule has 2 aromatic carbocycles. The first kappa shape index (κ1) is 120. The van der Waals surface area contributed by atoms with Crippen molar-refractivity contribution >= 4 is 84.4 Å². The van der Waals surface area contributed by atoms with Gasteiger partial charge in [0.25, 0.3) is 5.91 Å². The molecule has 708 valence electrons. The third-order valence-corrected chi connectivity index (χ3v) is 18.5. The monoisotopic (exact) mass is 1780 g/mol. The summed E-state index contributed by atoms with van der Waals surface area (Å²) in [6.07, 6.45) is 6.08. The number of hydrogen-bond acceptors (Lipinski definition) is 23. The van der Waals surface area contributed by atoms with E-state index in [1.165, 1.54) is 25.0 Å². The summed E-state index contributed by atoms with van der Waals surface area (Å²) in [5.41, 5.74) is -1.47. The largest absolute Gasteiger partial charge is 0.488 e. The van der Waals surface area contributed by atoms with Crippen LogP contribution in [0.2, 0.25) is 0 Å². The lowest BCUT2D eigenvalue weighted by Gasteiger charge is -2.31. The van der Waals surface area contributed by atoms with Gasteiger partial charge in [0.05, 0.1) is 83.8 Å². The molecule has 5 atom stereocenters. The van der Waals surface area contributed by atoms with Crippen LogP contribution in [-0.4, -0.2) is 264 Å². The van der Waals surface area contributed by atoms with Gasteiger partial charge >= 0.3 is 56.4 Å². The lowest BCUT2D eigenvalue weighted by molar-refractivity contribution is -0.173. The van der Waals surface area contributed by atoms with E-state index < -0.39 is 91.0 Å². The highest BCUT2D eigenvalue weighted by Crippen LogP contribution is 2.35. The van der Waals surface area contributed by atoms with Gasteiger partial charge in [-0.3, -0.25) is 33.6 Å². The molecule has 41 heteroatoms. The number of methoxy groups -OCH3 is 4. The van der Waals surface area contributed by atoms with Crippen LogP contribution in [0.1, 0.15) is 217 Å². The Morgan fingerprint density at radius 2 is 0.805 bits per heavy atom. The van der Waals surface area contributed by atoms with Crippen LogP contribution in [0.5, 0.6) is 0 Å². The first-order chi connectivity index (χ1) is 58.3. The number of halogens is 8. The van der Waals surface area contributed by atoms with E-state index in [1.54, 1.807) is 33.8 Å². The van der Waals surface area contributed by atoms with E-state index >= 15 is 0 Å². The van der Waals surface area contributed by atoms with E-state index in [2.05, 4.69) is 59.0 Å². The standard InChI is InChI=1S/C31H52BFN2O7.C15H27F3N2O4.C14H29NO3.C9H11F3N2O4.C7H6BFO4.C6H14O2/c1-6-8-9-12-23(7-2)28(36)31(3,4)22-24(29(37)35-17-18-42-20-19-41-5)13-10-11-16-34-30(38)26-15-14-25(32(39)40)21-27(26)33;1-3-12(13(21)19-8-9-24-11-10-23-2)6-4-5-7-20-14(22)15(16,17)18;1-4-6-7-8-13(5-2)14(16)15-9-10-18-12-11-17-3;10-9(11,12)7(16)13-4-2-1-3-5-6(15)18-8(17)14-5;9-6-3-4(8(12)13)1-2-5(6)7(10)11;1-3-4-8-6-5-7-2/h14-15,21,23-24,39-40H,6-13,16-20,22H2,1-5H3,(H,34,38)(H,35,37);12H,3-11H2,1-2H3,(H,19,21)(H,20,22);13H,4-12H2,1-3H3,(H,15,16);5H,1-4H2,(H,13,16)(H,14,17);1-3,12-13H,(H,10,11);3-6H2,1-2H3. The van der Waals surface area contributed by atoms with Crippen molar-refractivity contribution in [1.29, 1.82) is 0 Å². The summed E-state index contributed by atoms with van der Waals surface area (Å²) in [5.74, 6) is -8.71. The number of carbonyl (C=O) groups excluding carboxylic acids is 9. The molecule has 5 unspecified atom stereocenters. The normalized spacial score (nSPS) is 13.2. The number of rotatable bonds is 60. The Morgan fingerprint density at radius 3 is 1.15 bits per heavy atom. The number of benzene rings is 2. The van der Waals surface area contributed by atoms with Gasteiger partial charge in [-0.1, -0.05) is 119 Å². The van der Waals surface area contributed by atoms with E-state index in [-0.39, 0.29) is 96.1 Å². The van der Waals surface area contributed by atoms with Crippen molar-refractivity contribution in [3.63, 3.8) is 0 Å². The second-order valence-electron chi connectivity index (χ2n) is 28.9. The summed E-state index contributed by atoms with van der Waals surface area (Å²) in [5, 5.41) is 61.1. The van der Waals surface area contributed by atoms with E-state index in [4.69, 9.17) is 63.1 Å². The molecule has 0 aliphatic carbocycles. The molecule has 1 heterocycles. The van der Waals surface area contributed by atoms with E-state index in [9.17, 15) is 83.1 Å². The van der Waals surface area contributed by atoms with Crippen molar-refractivity contribution < 1.29 is 151 Å². The number of unbranched alkanes of at least 4 members (excludes halogenated alkanes) is 7. The molecular weight excluding hydrogens is 1640 g/mol. The minimum atomic E-state index is -4.89. The molecule has 0 spiro atoms. The third kappa shape index (κ3) is 60.7. The fraction of sp³-hybridized carbons (Fsp3) is 0.732. The number of cyclic esters (lactones) is 2. The fourth-order valence-electron chi connectivity index (χ4n) is 11.5. The molecule has 1 aliphatic heterocycles. The Morgan fingerprint density at radius 1 is 0.447 bits per heavy atom. The Hall–Kier alpha value is -7.57. The van der Waals surface area contributed by atoms with Gasteiger partial charge in [-0.2, -0.15) is 26.3 Å². The maximum Gasteiger partial charge on any atom is 0.488 e. The van der Waals surface area contributed by atoms with E-state index in [0.717, 1.165) is 95.3 Å². The maximum atomic E-state index is 14.2. The van der Waals surface area contributed by atoms with Crippen LogP contribution in [0.25, 0.3) is 0 Å². The van der Waals surface area contributed by atoms with Crippen LogP contribution in [0.3, 0.4) is 0 Å². The second-order valence-corrected chi connectivity index (χ2v) is 28.9. The molecule has 0 aromatic heterocycles. The molecule has 0 bridgehead atoms. The summed E-state index contributed by atoms with van der Waals surface area (Å²) in [7, 11) is 2.88. The number of alkyl carbamates (subject to hydrolysis) is 1. The summed E-state index contributed by atoms with van der Waals surface area (Å²) in [6.45, 7) is 24.4. The number of hydrogen-bond donors (Lipinski definition) is 12. The van der Waals surface area contributed by atoms with Crippen LogP contribution in [0, 0.1) is 40.7 Å². The number of nitrogens with one attached hydrogen (secondary N) is 7. The van der Waals surface area contributed by atoms with Crippen molar-refractivity contribution in [1.82, 2.24) is 37.2 Å².